The van der Waals surface area contributed by atoms with Gasteiger partial charge in [0.2, 0.25) is 0 Å². The summed E-state index contributed by atoms with van der Waals surface area (Å²) in [5.41, 5.74) is 1.89. The monoisotopic (exact) mass is 346 g/mol. The van der Waals surface area contributed by atoms with Crippen molar-refractivity contribution in [1.29, 1.82) is 0 Å². The van der Waals surface area contributed by atoms with Crippen LogP contribution in [0.15, 0.2) is 24.3 Å². The predicted molar refractivity (Wildman–Crippen MR) is 95.7 cm³/mol. The average Bonchev–Trinajstić information content (AvgIpc) is 3.03. The van der Waals surface area contributed by atoms with E-state index in [4.69, 9.17) is 9.47 Å². The summed E-state index contributed by atoms with van der Waals surface area (Å²) in [5, 5.41) is 2.75. The van der Waals surface area contributed by atoms with E-state index in [0.29, 0.717) is 18.7 Å². The van der Waals surface area contributed by atoms with Crippen LogP contribution in [-0.4, -0.2) is 44.3 Å². The van der Waals surface area contributed by atoms with Crippen molar-refractivity contribution in [2.24, 2.45) is 0 Å². The summed E-state index contributed by atoms with van der Waals surface area (Å²) < 4.78 is 10.2. The molecule has 0 spiro atoms. The molecule has 0 aliphatic carbocycles. The maximum Gasteiger partial charge on any atom is 0.335 e. The molecule has 6 heteroatoms. The minimum atomic E-state index is -0.513. The second-order valence-corrected chi connectivity index (χ2v) is 6.61. The first-order valence-corrected chi connectivity index (χ1v) is 9.15. The predicted octanol–water partition coefficient (Wildman–Crippen LogP) is 2.73. The van der Waals surface area contributed by atoms with E-state index in [2.05, 4.69) is 10.2 Å². The van der Waals surface area contributed by atoms with E-state index in [9.17, 15) is 9.59 Å². The van der Waals surface area contributed by atoms with Gasteiger partial charge in [0.25, 0.3) is 5.91 Å². The van der Waals surface area contributed by atoms with Gasteiger partial charge < -0.3 is 19.7 Å². The molecule has 3 rings (SSSR count). The van der Waals surface area contributed by atoms with E-state index < -0.39 is 12.1 Å². The van der Waals surface area contributed by atoms with Crippen molar-refractivity contribution >= 4 is 23.3 Å². The van der Waals surface area contributed by atoms with Crippen LogP contribution in [0.3, 0.4) is 0 Å². The number of rotatable bonds is 5. The fourth-order valence-corrected chi connectivity index (χ4v) is 3.27. The third kappa shape index (κ3) is 5.19. The Morgan fingerprint density at radius 2 is 1.80 bits per heavy atom. The summed E-state index contributed by atoms with van der Waals surface area (Å²) in [6.07, 6.45) is 6.07. The van der Waals surface area contributed by atoms with Gasteiger partial charge >= 0.3 is 5.97 Å². The molecule has 1 N–H and O–H groups in total. The quantitative estimate of drug-likeness (QED) is 0.830. The molecule has 1 aromatic carbocycles. The highest BCUT2D eigenvalue weighted by Gasteiger charge is 2.25. The van der Waals surface area contributed by atoms with Crippen LogP contribution in [0, 0.1) is 0 Å². The van der Waals surface area contributed by atoms with Crippen molar-refractivity contribution in [3.8, 4) is 0 Å². The topological polar surface area (TPSA) is 67.9 Å². The number of ether oxygens (including phenoxy) is 2. The minimum Gasteiger partial charge on any atom is -0.454 e. The van der Waals surface area contributed by atoms with Crippen LogP contribution < -0.4 is 10.2 Å². The zero-order valence-corrected chi connectivity index (χ0v) is 14.5. The van der Waals surface area contributed by atoms with Crippen molar-refractivity contribution in [2.45, 2.75) is 44.6 Å². The highest BCUT2D eigenvalue weighted by molar-refractivity contribution is 5.93. The Bertz CT molecular complexity index is 574. The standard InChI is InChI=1S/C19H26N2O4/c22-18(14-25-19(23)17-6-5-13-24-17)20-15-7-9-16(10-8-15)21-11-3-1-2-4-12-21/h7-10,17H,1-6,11-14H2,(H,20,22)/t17-/m0/s1. The number of benzene rings is 1. The highest BCUT2D eigenvalue weighted by Crippen LogP contribution is 2.21. The number of anilines is 2. The van der Waals surface area contributed by atoms with Crippen LogP contribution in [0.1, 0.15) is 38.5 Å². The molecule has 0 saturated carbocycles. The largest absolute Gasteiger partial charge is 0.454 e. The fraction of sp³-hybridized carbons (Fsp3) is 0.579. The van der Waals surface area contributed by atoms with Gasteiger partial charge in [-0.05, 0) is 49.9 Å². The number of carbonyl (C=O) groups is 2. The number of carbonyl (C=O) groups excluding carboxylic acids is 2. The Kier molecular flexibility index (Phi) is 6.28. The normalized spacial score (nSPS) is 20.8. The van der Waals surface area contributed by atoms with Gasteiger partial charge in [-0.15, -0.1) is 0 Å². The van der Waals surface area contributed by atoms with Gasteiger partial charge in [-0.25, -0.2) is 4.79 Å². The van der Waals surface area contributed by atoms with E-state index >= 15 is 0 Å². The van der Waals surface area contributed by atoms with Gasteiger partial charge in [-0.1, -0.05) is 12.8 Å². The molecule has 1 amide bonds. The van der Waals surface area contributed by atoms with Crippen LogP contribution in [0.4, 0.5) is 11.4 Å². The second-order valence-electron chi connectivity index (χ2n) is 6.61. The van der Waals surface area contributed by atoms with Gasteiger partial charge in [0.15, 0.2) is 12.7 Å². The van der Waals surface area contributed by atoms with Gasteiger partial charge in [-0.2, -0.15) is 0 Å². The van der Waals surface area contributed by atoms with E-state index in [1.807, 2.05) is 24.3 Å². The zero-order chi connectivity index (χ0) is 17.5. The molecule has 1 atom stereocenters. The molecule has 1 aromatic rings. The lowest BCUT2D eigenvalue weighted by Gasteiger charge is -2.22. The van der Waals surface area contributed by atoms with Crippen LogP contribution in [0.25, 0.3) is 0 Å². The molecule has 0 aromatic heterocycles. The molecule has 0 radical (unpaired) electrons. The maximum atomic E-state index is 11.9. The molecule has 2 heterocycles. The molecule has 136 valence electrons. The maximum absolute atomic E-state index is 11.9. The Morgan fingerprint density at radius 3 is 2.44 bits per heavy atom. The summed E-state index contributed by atoms with van der Waals surface area (Å²) in [6, 6.07) is 7.83. The zero-order valence-electron chi connectivity index (χ0n) is 14.5. The molecule has 0 unspecified atom stereocenters. The number of nitrogens with one attached hydrogen (secondary N) is 1. The van der Waals surface area contributed by atoms with Crippen molar-refractivity contribution in [1.82, 2.24) is 0 Å². The summed E-state index contributed by atoms with van der Waals surface area (Å²) in [5.74, 6) is -0.793. The summed E-state index contributed by atoms with van der Waals surface area (Å²) in [7, 11) is 0. The van der Waals surface area contributed by atoms with Crippen LogP contribution in [0.5, 0.6) is 0 Å². The summed E-state index contributed by atoms with van der Waals surface area (Å²) in [6.45, 7) is 2.47. The Balaban J connectivity index is 1.45. The molecule has 2 fully saturated rings. The first kappa shape index (κ1) is 17.7. The molecule has 2 aliphatic heterocycles. The molecule has 2 saturated heterocycles. The Morgan fingerprint density at radius 1 is 1.08 bits per heavy atom. The lowest BCUT2D eigenvalue weighted by Crippen LogP contribution is -2.27. The average molecular weight is 346 g/mol. The third-order valence-electron chi connectivity index (χ3n) is 4.66. The van der Waals surface area contributed by atoms with Crippen molar-refractivity contribution in [3.63, 3.8) is 0 Å². The number of hydrogen-bond acceptors (Lipinski definition) is 5. The molecule has 25 heavy (non-hydrogen) atoms. The first-order chi connectivity index (χ1) is 12.2. The lowest BCUT2D eigenvalue weighted by atomic mass is 10.2. The van der Waals surface area contributed by atoms with Gasteiger partial charge in [0.1, 0.15) is 0 Å². The molecular weight excluding hydrogens is 320 g/mol. The molecule has 6 nitrogen and oxygen atoms in total. The number of amides is 1. The molecular formula is C19H26N2O4. The molecule has 2 aliphatic rings. The SMILES string of the molecule is O=C(COC(=O)[C@@H]1CCCO1)Nc1ccc(N2CCCCCC2)cc1. The van der Waals surface area contributed by atoms with Gasteiger partial charge in [0.05, 0.1) is 0 Å². The van der Waals surface area contributed by atoms with Crippen LogP contribution >= 0.6 is 0 Å². The highest BCUT2D eigenvalue weighted by atomic mass is 16.6. The first-order valence-electron chi connectivity index (χ1n) is 9.15. The lowest BCUT2D eigenvalue weighted by molar-refractivity contribution is -0.156. The number of nitrogens with zero attached hydrogens (tertiary/aromatic N) is 1. The van der Waals surface area contributed by atoms with Crippen LogP contribution in [0.2, 0.25) is 0 Å². The van der Waals surface area contributed by atoms with Crippen molar-refractivity contribution < 1.29 is 19.1 Å². The number of hydrogen-bond donors (Lipinski definition) is 1. The summed E-state index contributed by atoms with van der Waals surface area (Å²) >= 11 is 0. The van der Waals surface area contributed by atoms with Crippen molar-refractivity contribution in [3.05, 3.63) is 24.3 Å². The molecule has 0 bridgehead atoms. The fourth-order valence-electron chi connectivity index (χ4n) is 3.27. The van der Waals surface area contributed by atoms with E-state index in [-0.39, 0.29) is 12.5 Å². The van der Waals surface area contributed by atoms with Crippen LogP contribution in [-0.2, 0) is 19.1 Å². The van der Waals surface area contributed by atoms with Gasteiger partial charge in [-0.3, -0.25) is 4.79 Å². The van der Waals surface area contributed by atoms with E-state index in [1.54, 1.807) is 0 Å². The van der Waals surface area contributed by atoms with E-state index in [1.165, 1.54) is 31.4 Å². The Hall–Kier alpha value is -2.08. The van der Waals surface area contributed by atoms with E-state index in [0.717, 1.165) is 19.5 Å². The van der Waals surface area contributed by atoms with Crippen molar-refractivity contribution in [2.75, 3.05) is 36.5 Å². The third-order valence-corrected chi connectivity index (χ3v) is 4.66. The second kappa shape index (κ2) is 8.85. The van der Waals surface area contributed by atoms with Gasteiger partial charge in [0, 0.05) is 31.1 Å². The Labute approximate surface area is 148 Å². The smallest absolute Gasteiger partial charge is 0.335 e. The summed E-state index contributed by atoms with van der Waals surface area (Å²) in [4.78, 5) is 26.0. The number of esters is 1. The minimum absolute atomic E-state index is 0.285.